The zero-order valence-corrected chi connectivity index (χ0v) is 7.87. The quantitative estimate of drug-likeness (QED) is 0.662. The van der Waals surface area contributed by atoms with Crippen molar-refractivity contribution in [2.45, 2.75) is 37.9 Å². The van der Waals surface area contributed by atoms with E-state index in [1.54, 1.807) is 14.2 Å². The fourth-order valence-corrected chi connectivity index (χ4v) is 1.35. The van der Waals surface area contributed by atoms with Gasteiger partial charge in [-0.15, -0.1) is 0 Å². The molecule has 1 heterocycles. The fourth-order valence-electron chi connectivity index (χ4n) is 1.35. The van der Waals surface area contributed by atoms with E-state index in [1.807, 2.05) is 6.92 Å². The Kier molecular flexibility index (Phi) is 3.06. The average Bonchev–Trinajstić information content (AvgIpc) is 2.10. The van der Waals surface area contributed by atoms with Crippen LogP contribution in [0.5, 0.6) is 0 Å². The van der Waals surface area contributed by atoms with Crippen LogP contribution < -0.4 is 5.73 Å². The van der Waals surface area contributed by atoms with Gasteiger partial charge in [-0.05, 0) is 13.3 Å². The number of rotatable bonds is 2. The summed E-state index contributed by atoms with van der Waals surface area (Å²) in [5.41, 5.74) is 5.84. The van der Waals surface area contributed by atoms with E-state index >= 15 is 0 Å². The van der Waals surface area contributed by atoms with E-state index in [0.717, 1.165) is 12.8 Å². The van der Waals surface area contributed by atoms with Crippen molar-refractivity contribution < 1.29 is 14.2 Å². The van der Waals surface area contributed by atoms with E-state index in [0.29, 0.717) is 0 Å². The van der Waals surface area contributed by atoms with Crippen LogP contribution in [0.15, 0.2) is 0 Å². The number of ether oxygens (including phenoxy) is 3. The molecule has 3 unspecified atom stereocenters. The molecule has 4 nitrogen and oxygen atoms in total. The van der Waals surface area contributed by atoms with Crippen LogP contribution in [0.1, 0.15) is 19.8 Å². The molecular weight excluding hydrogens is 158 g/mol. The Bertz CT molecular complexity index is 153. The number of methoxy groups -OCH3 is 2. The van der Waals surface area contributed by atoms with Gasteiger partial charge in [-0.2, -0.15) is 0 Å². The highest BCUT2D eigenvalue weighted by molar-refractivity contribution is 4.83. The largest absolute Gasteiger partial charge is 0.356 e. The van der Waals surface area contributed by atoms with Gasteiger partial charge in [0.25, 0.3) is 0 Å². The highest BCUT2D eigenvalue weighted by Gasteiger charge is 2.39. The zero-order chi connectivity index (χ0) is 9.19. The molecule has 2 N–H and O–H groups in total. The van der Waals surface area contributed by atoms with Crippen LogP contribution in [0.3, 0.4) is 0 Å². The van der Waals surface area contributed by atoms with Crippen molar-refractivity contribution in [2.24, 2.45) is 5.73 Å². The second-order valence-electron chi connectivity index (χ2n) is 3.19. The van der Waals surface area contributed by atoms with E-state index in [4.69, 9.17) is 19.9 Å². The lowest BCUT2D eigenvalue weighted by atomic mass is 10.0. The van der Waals surface area contributed by atoms with E-state index < -0.39 is 5.79 Å². The summed E-state index contributed by atoms with van der Waals surface area (Å²) >= 11 is 0. The van der Waals surface area contributed by atoms with Crippen molar-refractivity contribution in [3.8, 4) is 0 Å². The van der Waals surface area contributed by atoms with Crippen molar-refractivity contribution in [2.75, 3.05) is 14.2 Å². The Hall–Kier alpha value is -0.160. The highest BCUT2D eigenvalue weighted by Crippen LogP contribution is 2.28. The third-order valence-electron chi connectivity index (χ3n) is 2.42. The van der Waals surface area contributed by atoms with Crippen LogP contribution in [-0.4, -0.2) is 32.3 Å². The summed E-state index contributed by atoms with van der Waals surface area (Å²) in [4.78, 5) is 0. The van der Waals surface area contributed by atoms with Gasteiger partial charge in [-0.1, -0.05) is 0 Å². The van der Waals surface area contributed by atoms with Crippen molar-refractivity contribution in [3.63, 3.8) is 0 Å². The summed E-state index contributed by atoms with van der Waals surface area (Å²) in [5, 5.41) is 0. The Balaban J connectivity index is 2.58. The SMILES string of the molecule is COC1CCC(N)C(C)(OC)O1. The first-order valence-electron chi connectivity index (χ1n) is 4.13. The Morgan fingerprint density at radius 2 is 2.08 bits per heavy atom. The normalized spacial score (nSPS) is 43.0. The minimum absolute atomic E-state index is 0.0751. The van der Waals surface area contributed by atoms with E-state index in [-0.39, 0.29) is 12.3 Å². The highest BCUT2D eigenvalue weighted by atomic mass is 16.8. The second-order valence-corrected chi connectivity index (χ2v) is 3.19. The number of hydrogen-bond acceptors (Lipinski definition) is 4. The molecule has 1 rings (SSSR count). The minimum atomic E-state index is -0.696. The Labute approximate surface area is 73.0 Å². The first kappa shape index (κ1) is 9.92. The maximum atomic E-state index is 5.84. The monoisotopic (exact) mass is 175 g/mol. The van der Waals surface area contributed by atoms with Crippen molar-refractivity contribution in [1.82, 2.24) is 0 Å². The molecule has 4 heteroatoms. The van der Waals surface area contributed by atoms with Gasteiger partial charge in [0.1, 0.15) is 0 Å². The van der Waals surface area contributed by atoms with Gasteiger partial charge in [-0.3, -0.25) is 0 Å². The van der Waals surface area contributed by atoms with Crippen LogP contribution in [0.2, 0.25) is 0 Å². The molecule has 72 valence electrons. The third kappa shape index (κ3) is 1.77. The molecule has 0 bridgehead atoms. The summed E-state index contributed by atoms with van der Waals surface area (Å²) < 4.78 is 15.8. The van der Waals surface area contributed by atoms with Gasteiger partial charge >= 0.3 is 0 Å². The molecule has 0 radical (unpaired) electrons. The molecule has 3 atom stereocenters. The summed E-state index contributed by atoms with van der Waals surface area (Å²) in [6.07, 6.45) is 1.51. The van der Waals surface area contributed by atoms with Crippen molar-refractivity contribution in [1.29, 1.82) is 0 Å². The summed E-state index contributed by atoms with van der Waals surface area (Å²) in [6, 6.07) is -0.0751. The van der Waals surface area contributed by atoms with Crippen LogP contribution in [0, 0.1) is 0 Å². The first-order chi connectivity index (χ1) is 5.62. The average molecular weight is 175 g/mol. The topological polar surface area (TPSA) is 53.7 Å². The van der Waals surface area contributed by atoms with Crippen LogP contribution in [0.25, 0.3) is 0 Å². The Morgan fingerprint density at radius 1 is 1.42 bits per heavy atom. The smallest absolute Gasteiger partial charge is 0.183 e. The molecule has 1 saturated heterocycles. The minimum Gasteiger partial charge on any atom is -0.356 e. The third-order valence-corrected chi connectivity index (χ3v) is 2.42. The molecule has 0 aliphatic carbocycles. The molecule has 12 heavy (non-hydrogen) atoms. The van der Waals surface area contributed by atoms with Gasteiger partial charge in [-0.25, -0.2) is 0 Å². The molecule has 0 saturated carbocycles. The van der Waals surface area contributed by atoms with Crippen LogP contribution in [-0.2, 0) is 14.2 Å². The molecule has 1 aliphatic heterocycles. The lowest BCUT2D eigenvalue weighted by Gasteiger charge is -2.41. The van der Waals surface area contributed by atoms with Gasteiger partial charge in [0, 0.05) is 20.6 Å². The van der Waals surface area contributed by atoms with Crippen LogP contribution in [0.4, 0.5) is 0 Å². The molecule has 0 aromatic carbocycles. The van der Waals surface area contributed by atoms with E-state index in [1.165, 1.54) is 0 Å². The summed E-state index contributed by atoms with van der Waals surface area (Å²) in [5.74, 6) is -0.696. The lowest BCUT2D eigenvalue weighted by molar-refractivity contribution is -0.316. The predicted octanol–water partition coefficient (Wildman–Crippen LogP) is 0.459. The molecule has 0 aromatic heterocycles. The van der Waals surface area contributed by atoms with E-state index in [9.17, 15) is 0 Å². The zero-order valence-electron chi connectivity index (χ0n) is 7.87. The van der Waals surface area contributed by atoms with Crippen molar-refractivity contribution >= 4 is 0 Å². The fraction of sp³-hybridized carbons (Fsp3) is 1.00. The van der Waals surface area contributed by atoms with Crippen LogP contribution >= 0.6 is 0 Å². The van der Waals surface area contributed by atoms with Gasteiger partial charge in [0.2, 0.25) is 0 Å². The summed E-state index contributed by atoms with van der Waals surface area (Å²) in [7, 11) is 3.22. The van der Waals surface area contributed by atoms with Gasteiger partial charge < -0.3 is 19.9 Å². The second kappa shape index (κ2) is 3.70. The standard InChI is InChI=1S/C8H17NO3/c1-8(11-3)6(9)4-5-7(10-2)12-8/h6-7H,4-5,9H2,1-3H3. The molecule has 0 aromatic rings. The van der Waals surface area contributed by atoms with Crippen molar-refractivity contribution in [3.05, 3.63) is 0 Å². The van der Waals surface area contributed by atoms with Gasteiger partial charge in [0.15, 0.2) is 12.1 Å². The maximum absolute atomic E-state index is 5.84. The molecule has 1 fully saturated rings. The van der Waals surface area contributed by atoms with Gasteiger partial charge in [0.05, 0.1) is 6.04 Å². The molecular formula is C8H17NO3. The molecule has 1 aliphatic rings. The molecule has 0 amide bonds. The summed E-state index contributed by atoms with van der Waals surface area (Å²) in [6.45, 7) is 1.84. The number of nitrogens with two attached hydrogens (primary N) is 1. The van der Waals surface area contributed by atoms with E-state index in [2.05, 4.69) is 0 Å². The lowest BCUT2D eigenvalue weighted by Crippen LogP contribution is -2.55. The number of hydrogen-bond donors (Lipinski definition) is 1. The predicted molar refractivity (Wildman–Crippen MR) is 44.5 cm³/mol. The Morgan fingerprint density at radius 3 is 2.58 bits per heavy atom. The maximum Gasteiger partial charge on any atom is 0.183 e. The molecule has 0 spiro atoms. The first-order valence-corrected chi connectivity index (χ1v) is 4.13.